The minimum atomic E-state index is -0.904. The van der Waals surface area contributed by atoms with Crippen molar-refractivity contribution in [3.8, 4) is 0 Å². The molecule has 2 rings (SSSR count). The molecule has 1 aliphatic rings. The Labute approximate surface area is 121 Å². The van der Waals surface area contributed by atoms with E-state index < -0.39 is 11.2 Å². The Morgan fingerprint density at radius 3 is 2.75 bits per heavy atom. The molecule has 1 aromatic rings. The molecule has 0 saturated carbocycles. The number of hydrogen-bond acceptors (Lipinski definition) is 4. The van der Waals surface area contributed by atoms with E-state index in [1.165, 1.54) is 6.42 Å². The molecule has 0 spiro atoms. The Bertz CT molecular complexity index is 434. The SMILES string of the molecule is CC(C)(O)C(C)(C)OBc1ccnn1C1CCCCO1. The van der Waals surface area contributed by atoms with Crippen molar-refractivity contribution in [2.24, 2.45) is 0 Å². The van der Waals surface area contributed by atoms with Crippen molar-refractivity contribution < 1.29 is 14.5 Å². The van der Waals surface area contributed by atoms with Crippen molar-refractivity contribution >= 4 is 13.1 Å². The molecule has 1 N–H and O–H groups in total. The molecule has 1 atom stereocenters. The molecular weight excluding hydrogens is 255 g/mol. The summed E-state index contributed by atoms with van der Waals surface area (Å²) in [6, 6.07) is 1.94. The van der Waals surface area contributed by atoms with Gasteiger partial charge in [-0.25, -0.2) is 4.68 Å². The van der Waals surface area contributed by atoms with E-state index in [0.29, 0.717) is 7.48 Å². The Balaban J connectivity index is 2.02. The molecular formula is C14H25BN2O3. The lowest BCUT2D eigenvalue weighted by molar-refractivity contribution is -0.0897. The van der Waals surface area contributed by atoms with Crippen LogP contribution in [0.2, 0.25) is 0 Å². The van der Waals surface area contributed by atoms with Crippen LogP contribution in [0.3, 0.4) is 0 Å². The van der Waals surface area contributed by atoms with Gasteiger partial charge in [0.1, 0.15) is 6.23 Å². The van der Waals surface area contributed by atoms with E-state index in [2.05, 4.69) is 5.10 Å². The molecule has 1 saturated heterocycles. The zero-order valence-electron chi connectivity index (χ0n) is 12.9. The maximum atomic E-state index is 10.1. The van der Waals surface area contributed by atoms with Crippen molar-refractivity contribution in [2.45, 2.75) is 64.4 Å². The summed E-state index contributed by atoms with van der Waals surface area (Å²) in [6.45, 7) is 8.10. The highest BCUT2D eigenvalue weighted by atomic mass is 16.5. The fourth-order valence-electron chi connectivity index (χ4n) is 2.06. The van der Waals surface area contributed by atoms with E-state index >= 15 is 0 Å². The molecule has 0 aliphatic carbocycles. The van der Waals surface area contributed by atoms with Crippen LogP contribution in [0, 0.1) is 0 Å². The minimum absolute atomic E-state index is 0.0163. The standard InChI is InChI=1S/C14H25BN2O3/c1-13(2,18)14(3,4)20-15-11-8-9-16-17(11)12-7-5-6-10-19-12/h8-9,12,15,18H,5-7,10H2,1-4H3. The zero-order valence-corrected chi connectivity index (χ0v) is 12.9. The van der Waals surface area contributed by atoms with Gasteiger partial charge in [0.25, 0.3) is 0 Å². The van der Waals surface area contributed by atoms with Crippen LogP contribution in [0.4, 0.5) is 0 Å². The molecule has 0 amide bonds. The van der Waals surface area contributed by atoms with Crippen LogP contribution >= 0.6 is 0 Å². The number of rotatable bonds is 5. The zero-order chi connectivity index (χ0) is 14.8. The molecule has 2 heterocycles. The highest BCUT2D eigenvalue weighted by Gasteiger charge is 2.36. The number of ether oxygens (including phenoxy) is 1. The predicted octanol–water partition coefficient (Wildman–Crippen LogP) is 1.13. The summed E-state index contributed by atoms with van der Waals surface area (Å²) in [5.74, 6) is 0. The van der Waals surface area contributed by atoms with Crippen molar-refractivity contribution in [2.75, 3.05) is 6.61 Å². The van der Waals surface area contributed by atoms with Crippen LogP contribution in [0.15, 0.2) is 12.3 Å². The fraction of sp³-hybridized carbons (Fsp3) is 0.786. The lowest BCUT2D eigenvalue weighted by Crippen LogP contribution is -2.50. The second-order valence-corrected chi connectivity index (χ2v) is 6.45. The second-order valence-electron chi connectivity index (χ2n) is 6.45. The van der Waals surface area contributed by atoms with E-state index in [0.717, 1.165) is 25.0 Å². The number of aliphatic hydroxyl groups is 1. The predicted molar refractivity (Wildman–Crippen MR) is 79.3 cm³/mol. The Morgan fingerprint density at radius 2 is 2.15 bits per heavy atom. The van der Waals surface area contributed by atoms with E-state index in [9.17, 15) is 5.11 Å². The van der Waals surface area contributed by atoms with E-state index in [4.69, 9.17) is 9.39 Å². The third-order valence-corrected chi connectivity index (χ3v) is 4.23. The van der Waals surface area contributed by atoms with Gasteiger partial charge in [0.15, 0.2) is 0 Å². The molecule has 1 aromatic heterocycles. The summed E-state index contributed by atoms with van der Waals surface area (Å²) in [5.41, 5.74) is -0.552. The van der Waals surface area contributed by atoms with Gasteiger partial charge in [0.2, 0.25) is 0 Å². The van der Waals surface area contributed by atoms with Gasteiger partial charge in [-0.15, -0.1) is 0 Å². The molecule has 0 bridgehead atoms. The van der Waals surface area contributed by atoms with Gasteiger partial charge in [0, 0.05) is 18.4 Å². The number of hydrogen-bond donors (Lipinski definition) is 1. The molecule has 1 unspecified atom stereocenters. The number of aromatic nitrogens is 2. The first-order chi connectivity index (χ1) is 9.31. The average molecular weight is 280 g/mol. The molecule has 0 radical (unpaired) electrons. The summed E-state index contributed by atoms with van der Waals surface area (Å²) >= 11 is 0. The summed E-state index contributed by atoms with van der Waals surface area (Å²) in [4.78, 5) is 0. The summed E-state index contributed by atoms with van der Waals surface area (Å²) in [5, 5.41) is 14.5. The normalized spacial score (nSPS) is 20.9. The minimum Gasteiger partial charge on any atom is -0.425 e. The topological polar surface area (TPSA) is 56.5 Å². The van der Waals surface area contributed by atoms with E-state index in [1.54, 1.807) is 20.0 Å². The summed E-state index contributed by atoms with van der Waals surface area (Å²) < 4.78 is 13.6. The van der Waals surface area contributed by atoms with E-state index in [1.807, 2.05) is 24.6 Å². The van der Waals surface area contributed by atoms with Gasteiger partial charge in [0.05, 0.1) is 11.2 Å². The Kier molecular flexibility index (Phi) is 4.57. The van der Waals surface area contributed by atoms with Crippen molar-refractivity contribution in [1.29, 1.82) is 0 Å². The first kappa shape index (κ1) is 15.5. The summed E-state index contributed by atoms with van der Waals surface area (Å²) in [7, 11) is 0.414. The molecule has 112 valence electrons. The fourth-order valence-corrected chi connectivity index (χ4v) is 2.06. The van der Waals surface area contributed by atoms with Gasteiger partial charge < -0.3 is 14.5 Å². The van der Waals surface area contributed by atoms with Gasteiger partial charge in [-0.1, -0.05) is 0 Å². The van der Waals surface area contributed by atoms with Crippen LogP contribution in [-0.4, -0.2) is 40.2 Å². The number of nitrogens with zero attached hydrogens (tertiary/aromatic N) is 2. The quantitative estimate of drug-likeness (QED) is 0.821. The summed E-state index contributed by atoms with van der Waals surface area (Å²) in [6.07, 6.45) is 5.06. The van der Waals surface area contributed by atoms with Gasteiger partial charge in [-0.2, -0.15) is 5.10 Å². The second kappa shape index (κ2) is 5.88. The molecule has 6 heteroatoms. The maximum Gasteiger partial charge on any atom is 0.328 e. The third-order valence-electron chi connectivity index (χ3n) is 4.23. The largest absolute Gasteiger partial charge is 0.425 e. The highest BCUT2D eigenvalue weighted by Crippen LogP contribution is 2.24. The van der Waals surface area contributed by atoms with Crippen LogP contribution < -0.4 is 5.59 Å². The van der Waals surface area contributed by atoms with Crippen LogP contribution in [0.5, 0.6) is 0 Å². The Hall–Kier alpha value is -0.845. The molecule has 1 aliphatic heterocycles. The lowest BCUT2D eigenvalue weighted by atomic mass is 9.85. The average Bonchev–Trinajstić information content (AvgIpc) is 2.84. The van der Waals surface area contributed by atoms with Crippen LogP contribution in [0.25, 0.3) is 0 Å². The van der Waals surface area contributed by atoms with Crippen molar-refractivity contribution in [3.05, 3.63) is 12.3 Å². The third kappa shape index (κ3) is 3.43. The van der Waals surface area contributed by atoms with Gasteiger partial charge in [-0.05, 0) is 53.0 Å². The van der Waals surface area contributed by atoms with Crippen LogP contribution in [-0.2, 0) is 9.39 Å². The monoisotopic (exact) mass is 280 g/mol. The van der Waals surface area contributed by atoms with Crippen LogP contribution in [0.1, 0.15) is 53.2 Å². The molecule has 1 fully saturated rings. The first-order valence-corrected chi connectivity index (χ1v) is 7.31. The molecule has 20 heavy (non-hydrogen) atoms. The first-order valence-electron chi connectivity index (χ1n) is 7.31. The van der Waals surface area contributed by atoms with E-state index in [-0.39, 0.29) is 6.23 Å². The maximum absolute atomic E-state index is 10.1. The van der Waals surface area contributed by atoms with Gasteiger partial charge in [-0.3, -0.25) is 0 Å². The van der Waals surface area contributed by atoms with Gasteiger partial charge >= 0.3 is 7.48 Å². The molecule has 5 nitrogen and oxygen atoms in total. The molecule has 0 aromatic carbocycles. The highest BCUT2D eigenvalue weighted by molar-refractivity contribution is 6.45. The van der Waals surface area contributed by atoms with Crippen molar-refractivity contribution in [1.82, 2.24) is 9.78 Å². The Morgan fingerprint density at radius 1 is 1.40 bits per heavy atom. The smallest absolute Gasteiger partial charge is 0.328 e. The lowest BCUT2D eigenvalue weighted by Gasteiger charge is -2.37. The van der Waals surface area contributed by atoms with Crippen molar-refractivity contribution in [3.63, 3.8) is 0 Å².